The fraction of sp³-hybridized carbons (Fsp3) is 0.429. The summed E-state index contributed by atoms with van der Waals surface area (Å²) in [6, 6.07) is 12.1. The minimum absolute atomic E-state index is 0.575. The zero-order valence-electron chi connectivity index (χ0n) is 30.1. The molecule has 0 N–H and O–H groups in total. The summed E-state index contributed by atoms with van der Waals surface area (Å²) in [5.74, 6) is 20.5. The van der Waals surface area contributed by atoms with E-state index in [1.165, 1.54) is 0 Å². The summed E-state index contributed by atoms with van der Waals surface area (Å²) in [6.07, 6.45) is 7.26. The molecule has 3 aromatic rings. The predicted molar refractivity (Wildman–Crippen MR) is 203 cm³/mol. The van der Waals surface area contributed by atoms with E-state index in [4.69, 9.17) is 0 Å². The number of hydrogen-bond donors (Lipinski definition) is 0. The molecule has 2 nitrogen and oxygen atoms in total. The van der Waals surface area contributed by atoms with Gasteiger partial charge in [0.15, 0.2) is 0 Å². The van der Waals surface area contributed by atoms with E-state index in [2.05, 4.69) is 140 Å². The molecule has 2 heterocycles. The zero-order valence-corrected chi connectivity index (χ0v) is 32.1. The van der Waals surface area contributed by atoms with Gasteiger partial charge in [-0.25, -0.2) is 0 Å². The molecule has 0 saturated heterocycles. The fourth-order valence-electron chi connectivity index (χ4n) is 7.38. The van der Waals surface area contributed by atoms with Crippen LogP contribution >= 0.6 is 0 Å². The van der Waals surface area contributed by atoms with E-state index in [1.54, 1.807) is 0 Å². The predicted octanol–water partition coefficient (Wildman–Crippen LogP) is 10.4. The van der Waals surface area contributed by atoms with Crippen LogP contribution in [0.15, 0.2) is 61.2 Å². The van der Waals surface area contributed by atoms with Crippen molar-refractivity contribution in [2.75, 3.05) is 0 Å². The Morgan fingerprint density at radius 2 is 0.783 bits per heavy atom. The summed E-state index contributed by atoms with van der Waals surface area (Å²) in [5, 5.41) is 0. The smallest absolute Gasteiger partial charge is 0.146 e. The van der Waals surface area contributed by atoms with Crippen molar-refractivity contribution in [2.24, 2.45) is 0 Å². The van der Waals surface area contributed by atoms with Crippen molar-refractivity contribution in [3.8, 4) is 46.6 Å². The van der Waals surface area contributed by atoms with Gasteiger partial charge in [-0.2, -0.15) is 0 Å². The molecule has 0 fully saturated rings. The zero-order chi connectivity index (χ0) is 34.1. The third-order valence-corrected chi connectivity index (χ3v) is 22.3. The molecule has 3 rings (SSSR count). The average molecular weight is 641 g/mol. The molecule has 0 amide bonds. The molecule has 0 aliphatic heterocycles. The highest BCUT2D eigenvalue weighted by molar-refractivity contribution is 6.91. The topological polar surface area (TPSA) is 25.8 Å². The van der Waals surface area contributed by atoms with Crippen molar-refractivity contribution < 1.29 is 0 Å². The van der Waals surface area contributed by atoms with Crippen molar-refractivity contribution in [3.05, 3.63) is 94.6 Å². The lowest BCUT2D eigenvalue weighted by Gasteiger charge is -2.38. The van der Waals surface area contributed by atoms with E-state index < -0.39 is 16.1 Å². The molecule has 0 spiro atoms. The van der Waals surface area contributed by atoms with Gasteiger partial charge in [0.2, 0.25) is 0 Å². The first-order valence-electron chi connectivity index (χ1n) is 16.8. The molecule has 4 heteroatoms. The second-order valence-electron chi connectivity index (χ2n) is 14.2. The van der Waals surface area contributed by atoms with E-state index in [-0.39, 0.29) is 0 Å². The van der Waals surface area contributed by atoms with Crippen LogP contribution < -0.4 is 0 Å². The molecule has 0 aliphatic rings. The van der Waals surface area contributed by atoms with Crippen LogP contribution in [0.4, 0.5) is 0 Å². The molecule has 46 heavy (non-hydrogen) atoms. The van der Waals surface area contributed by atoms with Gasteiger partial charge >= 0.3 is 0 Å². The maximum atomic E-state index is 4.36. The molecule has 1 aromatic carbocycles. The Bertz CT molecular complexity index is 1580. The first-order chi connectivity index (χ1) is 21.7. The highest BCUT2D eigenvalue weighted by atomic mass is 28.3. The van der Waals surface area contributed by atoms with E-state index >= 15 is 0 Å². The number of benzene rings is 1. The van der Waals surface area contributed by atoms with Crippen LogP contribution in [-0.2, 0) is 0 Å². The molecule has 0 atom stereocenters. The lowest BCUT2D eigenvalue weighted by atomic mass is 10.1. The quantitative estimate of drug-likeness (QED) is 0.198. The van der Waals surface area contributed by atoms with Crippen molar-refractivity contribution in [1.29, 1.82) is 0 Å². The van der Waals surface area contributed by atoms with Crippen LogP contribution in [-0.4, -0.2) is 26.1 Å². The summed E-state index contributed by atoms with van der Waals surface area (Å²) >= 11 is 0. The molecular formula is C42H52N2Si2. The molecule has 2 aromatic heterocycles. The first kappa shape index (κ1) is 36.7. The molecule has 0 aliphatic carbocycles. The number of aromatic nitrogens is 2. The molecule has 0 bridgehead atoms. The van der Waals surface area contributed by atoms with E-state index in [9.17, 15) is 0 Å². The van der Waals surface area contributed by atoms with Gasteiger partial charge in [-0.1, -0.05) is 125 Å². The fourth-order valence-corrected chi connectivity index (χ4v) is 17.8. The molecule has 0 radical (unpaired) electrons. The Balaban J connectivity index is 1.96. The Hall–Kier alpha value is -3.81. The standard InChI is InChI=1S/C42H52N2Si2/c1-31(2)45(32(3)4,33(5)6)26-22-39-20-24-43-29-41(39)18-16-37-14-13-15-38(28-37)17-19-42-30-44-25-21-40(42)23-27-46(34(7)8,35(9)10)36(11)12/h13-15,20-21,24-25,28-36H,1-12H3. The highest BCUT2D eigenvalue weighted by Crippen LogP contribution is 2.41. The Labute approximate surface area is 282 Å². The Kier molecular flexibility index (Phi) is 12.9. The van der Waals surface area contributed by atoms with Gasteiger partial charge < -0.3 is 0 Å². The van der Waals surface area contributed by atoms with Crippen molar-refractivity contribution in [1.82, 2.24) is 9.97 Å². The lowest BCUT2D eigenvalue weighted by Crippen LogP contribution is -2.43. The van der Waals surface area contributed by atoms with Crippen LogP contribution in [0.1, 0.15) is 116 Å². The monoisotopic (exact) mass is 640 g/mol. The number of hydrogen-bond acceptors (Lipinski definition) is 2. The molecule has 0 saturated carbocycles. The van der Waals surface area contributed by atoms with Gasteiger partial charge in [0.1, 0.15) is 16.1 Å². The second-order valence-corrected chi connectivity index (χ2v) is 25.4. The van der Waals surface area contributed by atoms with Gasteiger partial charge in [0.05, 0.1) is 11.1 Å². The van der Waals surface area contributed by atoms with Crippen LogP contribution in [0.5, 0.6) is 0 Å². The van der Waals surface area contributed by atoms with Gasteiger partial charge in [-0.3, -0.25) is 9.97 Å². The minimum atomic E-state index is -1.86. The second kappa shape index (κ2) is 16.1. The van der Waals surface area contributed by atoms with E-state index in [0.29, 0.717) is 33.2 Å². The van der Waals surface area contributed by atoms with E-state index in [1.807, 2.05) is 61.2 Å². The summed E-state index contributed by atoms with van der Waals surface area (Å²) in [6.45, 7) is 28.1. The third kappa shape index (κ3) is 8.31. The number of pyridine rings is 2. The van der Waals surface area contributed by atoms with Crippen LogP contribution in [0.3, 0.4) is 0 Å². The summed E-state index contributed by atoms with van der Waals surface area (Å²) in [7, 11) is -3.71. The normalized spacial score (nSPS) is 11.5. The molecule has 238 valence electrons. The summed E-state index contributed by atoms with van der Waals surface area (Å²) in [5.41, 5.74) is 16.5. The largest absolute Gasteiger partial charge is 0.263 e. The highest BCUT2D eigenvalue weighted by Gasteiger charge is 2.42. The maximum absolute atomic E-state index is 4.36. The SMILES string of the molecule is CC(C)[Si](C#Cc1ccncc1C#Cc1cccc(C#Cc2cnccc2C#C[Si](C(C)C)(C(C)C)C(C)C)c1)(C(C)C)C(C)C. The van der Waals surface area contributed by atoms with Gasteiger partial charge in [0, 0.05) is 47.0 Å². The average Bonchev–Trinajstić information content (AvgIpc) is 2.99. The van der Waals surface area contributed by atoms with Crippen molar-refractivity contribution in [3.63, 3.8) is 0 Å². The Morgan fingerprint density at radius 3 is 1.11 bits per heavy atom. The van der Waals surface area contributed by atoms with Crippen molar-refractivity contribution in [2.45, 2.75) is 116 Å². The van der Waals surface area contributed by atoms with Gasteiger partial charge in [-0.05, 0) is 63.6 Å². The van der Waals surface area contributed by atoms with Crippen molar-refractivity contribution >= 4 is 16.1 Å². The summed E-state index contributed by atoms with van der Waals surface area (Å²) in [4.78, 5) is 8.72. The third-order valence-electron chi connectivity index (χ3n) is 9.75. The van der Waals surface area contributed by atoms with Crippen LogP contribution in [0.25, 0.3) is 0 Å². The van der Waals surface area contributed by atoms with E-state index in [0.717, 1.165) is 33.4 Å². The minimum Gasteiger partial charge on any atom is -0.263 e. The summed E-state index contributed by atoms with van der Waals surface area (Å²) < 4.78 is 0. The first-order valence-corrected chi connectivity index (χ1v) is 21.3. The number of rotatable bonds is 6. The van der Waals surface area contributed by atoms with Gasteiger partial charge in [-0.15, -0.1) is 11.1 Å². The van der Waals surface area contributed by atoms with Crippen LogP contribution in [0.2, 0.25) is 33.2 Å². The van der Waals surface area contributed by atoms with Gasteiger partial charge in [0.25, 0.3) is 0 Å². The maximum Gasteiger partial charge on any atom is 0.146 e. The Morgan fingerprint density at radius 1 is 0.435 bits per heavy atom. The lowest BCUT2D eigenvalue weighted by molar-refractivity contribution is 0.838. The molecular weight excluding hydrogens is 589 g/mol. The number of nitrogens with zero attached hydrogens (tertiary/aromatic N) is 2. The molecule has 0 unspecified atom stereocenters. The van der Waals surface area contributed by atoms with Crippen LogP contribution in [0, 0.1) is 46.6 Å².